The van der Waals surface area contributed by atoms with Gasteiger partial charge in [0.15, 0.2) is 0 Å². The van der Waals surface area contributed by atoms with E-state index < -0.39 is 6.09 Å². The molecule has 0 aliphatic heterocycles. The van der Waals surface area contributed by atoms with Crippen LogP contribution in [0.1, 0.15) is 18.6 Å². The molecule has 0 fully saturated rings. The third-order valence-corrected chi connectivity index (χ3v) is 3.76. The quantitative estimate of drug-likeness (QED) is 0.775. The number of ether oxygens (including phenoxy) is 1. The van der Waals surface area contributed by atoms with Crippen molar-refractivity contribution in [1.82, 2.24) is 9.55 Å². The van der Waals surface area contributed by atoms with Gasteiger partial charge in [-0.15, -0.1) is 0 Å². The minimum Gasteiger partial charge on any atom is -0.441 e. The lowest BCUT2D eigenvalue weighted by molar-refractivity contribution is 0.121. The van der Waals surface area contributed by atoms with Gasteiger partial charge in [-0.2, -0.15) is 0 Å². The zero-order valence-corrected chi connectivity index (χ0v) is 13.6. The molecule has 24 heavy (non-hydrogen) atoms. The lowest BCUT2D eigenvalue weighted by Gasteiger charge is -2.15. The van der Waals surface area contributed by atoms with Gasteiger partial charge in [-0.25, -0.2) is 9.78 Å². The van der Waals surface area contributed by atoms with E-state index in [1.165, 1.54) is 0 Å². The molecule has 3 aromatic rings. The molecule has 0 spiro atoms. The number of nitrogens with one attached hydrogen (secondary N) is 1. The number of aromatic nitrogens is 2. The van der Waals surface area contributed by atoms with Crippen LogP contribution in [0.2, 0.25) is 0 Å². The highest BCUT2D eigenvalue weighted by atomic mass is 16.6. The Bertz CT molecular complexity index is 813. The van der Waals surface area contributed by atoms with Crippen molar-refractivity contribution in [1.29, 1.82) is 0 Å². The topological polar surface area (TPSA) is 56.1 Å². The predicted molar refractivity (Wildman–Crippen MR) is 93.6 cm³/mol. The molecule has 122 valence electrons. The molecule has 3 rings (SSSR count). The first-order valence-electron chi connectivity index (χ1n) is 7.74. The molecule has 1 N–H and O–H groups in total. The van der Waals surface area contributed by atoms with Gasteiger partial charge in [-0.1, -0.05) is 60.7 Å². The summed E-state index contributed by atoms with van der Waals surface area (Å²) in [6.45, 7) is 1.84. The number of hydrogen-bond acceptors (Lipinski definition) is 3. The number of hydrogen-bond donors (Lipinski definition) is 1. The number of anilines is 1. The first-order chi connectivity index (χ1) is 11.6. The van der Waals surface area contributed by atoms with Crippen molar-refractivity contribution < 1.29 is 9.53 Å². The summed E-state index contributed by atoms with van der Waals surface area (Å²) in [5.74, 6) is 0.603. The molecule has 5 nitrogen and oxygen atoms in total. The number of aryl methyl sites for hydroxylation is 1. The monoisotopic (exact) mass is 321 g/mol. The van der Waals surface area contributed by atoms with E-state index in [-0.39, 0.29) is 6.10 Å². The fourth-order valence-corrected chi connectivity index (χ4v) is 2.46. The first-order valence-corrected chi connectivity index (χ1v) is 7.74. The van der Waals surface area contributed by atoms with E-state index in [1.807, 2.05) is 74.6 Å². The Hall–Kier alpha value is -3.08. The summed E-state index contributed by atoms with van der Waals surface area (Å²) in [6, 6.07) is 19.3. The molecule has 5 heteroatoms. The number of nitrogens with zero attached hydrogens (tertiary/aromatic N) is 2. The molecule has 0 saturated heterocycles. The highest BCUT2D eigenvalue weighted by Gasteiger charge is 2.17. The van der Waals surface area contributed by atoms with E-state index in [0.29, 0.717) is 11.5 Å². The SMILES string of the molecule is CC(OC(=O)Nc1c(-c2ccccc2)ncn1C)c1ccccc1. The second-order valence-corrected chi connectivity index (χ2v) is 5.50. The van der Waals surface area contributed by atoms with E-state index in [2.05, 4.69) is 10.3 Å². The molecular weight excluding hydrogens is 302 g/mol. The number of carbonyl (C=O) groups is 1. The molecule has 0 saturated carbocycles. The molecule has 1 unspecified atom stereocenters. The van der Waals surface area contributed by atoms with Gasteiger partial charge in [0.25, 0.3) is 0 Å². The Morgan fingerprint density at radius 1 is 1.08 bits per heavy atom. The van der Waals surface area contributed by atoms with Gasteiger partial charge in [-0.05, 0) is 12.5 Å². The Labute approximate surface area is 140 Å². The number of rotatable bonds is 4. The maximum absolute atomic E-state index is 12.3. The standard InChI is InChI=1S/C19H19N3O2/c1-14(15-9-5-3-6-10-15)24-19(23)21-18-17(20-13-22(18)2)16-11-7-4-8-12-16/h3-14H,1-2H3,(H,21,23). The van der Waals surface area contributed by atoms with Crippen molar-refractivity contribution in [3.8, 4) is 11.3 Å². The molecule has 1 heterocycles. The van der Waals surface area contributed by atoms with E-state index in [4.69, 9.17) is 4.74 Å². The highest BCUT2D eigenvalue weighted by Crippen LogP contribution is 2.26. The van der Waals surface area contributed by atoms with Crippen LogP contribution in [0.25, 0.3) is 11.3 Å². The average Bonchev–Trinajstić information content (AvgIpc) is 2.97. The van der Waals surface area contributed by atoms with Crippen LogP contribution >= 0.6 is 0 Å². The average molecular weight is 321 g/mol. The maximum atomic E-state index is 12.3. The van der Waals surface area contributed by atoms with Crippen LogP contribution < -0.4 is 5.32 Å². The molecule has 0 bridgehead atoms. The smallest absolute Gasteiger partial charge is 0.413 e. The van der Waals surface area contributed by atoms with Crippen molar-refractivity contribution >= 4 is 11.9 Å². The Morgan fingerprint density at radius 3 is 2.38 bits per heavy atom. The molecule has 0 aliphatic rings. The fraction of sp³-hybridized carbons (Fsp3) is 0.158. The van der Waals surface area contributed by atoms with E-state index in [9.17, 15) is 4.79 Å². The minimum absolute atomic E-state index is 0.334. The minimum atomic E-state index is -0.507. The zero-order valence-electron chi connectivity index (χ0n) is 13.6. The van der Waals surface area contributed by atoms with Crippen molar-refractivity contribution in [3.63, 3.8) is 0 Å². The third-order valence-electron chi connectivity index (χ3n) is 3.76. The van der Waals surface area contributed by atoms with Gasteiger partial charge < -0.3 is 9.30 Å². The third kappa shape index (κ3) is 3.46. The Balaban J connectivity index is 1.74. The molecule has 0 aliphatic carbocycles. The van der Waals surface area contributed by atoms with Crippen LogP contribution in [0.3, 0.4) is 0 Å². The number of amides is 1. The van der Waals surface area contributed by atoms with Crippen molar-refractivity contribution in [3.05, 3.63) is 72.6 Å². The van der Waals surface area contributed by atoms with Crippen molar-refractivity contribution in [2.24, 2.45) is 7.05 Å². The highest BCUT2D eigenvalue weighted by molar-refractivity contribution is 5.89. The largest absolute Gasteiger partial charge is 0.441 e. The van der Waals surface area contributed by atoms with E-state index in [1.54, 1.807) is 10.9 Å². The van der Waals surface area contributed by atoms with Crippen molar-refractivity contribution in [2.75, 3.05) is 5.32 Å². The molecular formula is C19H19N3O2. The van der Waals surface area contributed by atoms with Gasteiger partial charge in [0, 0.05) is 12.6 Å². The molecule has 1 aromatic heterocycles. The summed E-state index contributed by atoms with van der Waals surface area (Å²) in [6.07, 6.45) is 0.824. The second-order valence-electron chi connectivity index (χ2n) is 5.50. The summed E-state index contributed by atoms with van der Waals surface area (Å²) in [7, 11) is 1.83. The van der Waals surface area contributed by atoms with Crippen molar-refractivity contribution in [2.45, 2.75) is 13.0 Å². The van der Waals surface area contributed by atoms with E-state index in [0.717, 1.165) is 11.1 Å². The Morgan fingerprint density at radius 2 is 1.71 bits per heavy atom. The summed E-state index contributed by atoms with van der Waals surface area (Å²) in [5.41, 5.74) is 2.59. The predicted octanol–water partition coefficient (Wildman–Crippen LogP) is 4.40. The first kappa shape index (κ1) is 15.8. The summed E-state index contributed by atoms with van der Waals surface area (Å²) < 4.78 is 7.23. The number of imidazole rings is 1. The van der Waals surface area contributed by atoms with Crippen LogP contribution in [0.4, 0.5) is 10.6 Å². The second kappa shape index (κ2) is 7.00. The van der Waals surface area contributed by atoms with Crippen LogP contribution in [0.5, 0.6) is 0 Å². The summed E-state index contributed by atoms with van der Waals surface area (Å²) in [5, 5.41) is 2.80. The fourth-order valence-electron chi connectivity index (χ4n) is 2.46. The Kier molecular flexibility index (Phi) is 4.61. The molecule has 0 radical (unpaired) electrons. The number of benzene rings is 2. The summed E-state index contributed by atoms with van der Waals surface area (Å²) >= 11 is 0. The zero-order chi connectivity index (χ0) is 16.9. The normalized spacial score (nSPS) is 11.8. The van der Waals surface area contributed by atoms with Gasteiger partial charge in [-0.3, -0.25) is 5.32 Å². The van der Waals surface area contributed by atoms with Crippen LogP contribution in [-0.2, 0) is 11.8 Å². The van der Waals surface area contributed by atoms with Gasteiger partial charge in [0.2, 0.25) is 0 Å². The lowest BCUT2D eigenvalue weighted by atomic mass is 10.1. The van der Waals surface area contributed by atoms with Crippen LogP contribution in [0, 0.1) is 0 Å². The lowest BCUT2D eigenvalue weighted by Crippen LogP contribution is -2.18. The van der Waals surface area contributed by atoms with Crippen LogP contribution in [0.15, 0.2) is 67.0 Å². The van der Waals surface area contributed by atoms with Crippen LogP contribution in [-0.4, -0.2) is 15.6 Å². The maximum Gasteiger partial charge on any atom is 0.413 e. The summed E-state index contributed by atoms with van der Waals surface area (Å²) in [4.78, 5) is 16.6. The molecule has 1 atom stereocenters. The van der Waals surface area contributed by atoms with Gasteiger partial charge in [0.1, 0.15) is 17.6 Å². The van der Waals surface area contributed by atoms with Gasteiger partial charge in [0.05, 0.1) is 6.33 Å². The molecule has 2 aromatic carbocycles. The number of carbonyl (C=O) groups excluding carboxylic acids is 1. The molecule has 1 amide bonds. The van der Waals surface area contributed by atoms with Gasteiger partial charge >= 0.3 is 6.09 Å². The van der Waals surface area contributed by atoms with E-state index >= 15 is 0 Å².